The zero-order valence-corrected chi connectivity index (χ0v) is 15.3. The Morgan fingerprint density at radius 1 is 1.29 bits per heavy atom. The summed E-state index contributed by atoms with van der Waals surface area (Å²) < 4.78 is 1.41. The third-order valence-electron chi connectivity index (χ3n) is 4.79. The molecular weight excluding hydrogens is 358 g/mol. The predicted molar refractivity (Wildman–Crippen MR) is 101 cm³/mol. The van der Waals surface area contributed by atoms with Crippen molar-refractivity contribution in [1.82, 2.24) is 35.4 Å². The first-order chi connectivity index (χ1) is 13.7. The fourth-order valence-electron chi connectivity index (χ4n) is 3.44. The van der Waals surface area contributed by atoms with E-state index in [4.69, 9.17) is 0 Å². The Morgan fingerprint density at radius 3 is 2.96 bits per heavy atom. The Morgan fingerprint density at radius 2 is 2.21 bits per heavy atom. The van der Waals surface area contributed by atoms with Crippen molar-refractivity contribution in [2.45, 2.75) is 25.4 Å². The summed E-state index contributed by atoms with van der Waals surface area (Å²) in [5.41, 5.74) is 1.84. The number of tetrazole rings is 1. The molecule has 1 fully saturated rings. The smallest absolute Gasteiger partial charge is 0.255 e. The van der Waals surface area contributed by atoms with Gasteiger partial charge in [-0.25, -0.2) is 4.68 Å². The molecule has 9 heteroatoms. The van der Waals surface area contributed by atoms with E-state index in [0.717, 1.165) is 38.2 Å². The van der Waals surface area contributed by atoms with E-state index in [9.17, 15) is 9.90 Å². The number of likely N-dealkylation sites (tertiary alicyclic amines) is 1. The number of hydrogen-bond donors (Lipinski definition) is 2. The van der Waals surface area contributed by atoms with Gasteiger partial charge in [-0.05, 0) is 54.1 Å². The largest absolute Gasteiger partial charge is 0.507 e. The van der Waals surface area contributed by atoms with Gasteiger partial charge in [-0.2, -0.15) is 0 Å². The summed E-state index contributed by atoms with van der Waals surface area (Å²) in [7, 11) is 0. The molecule has 1 atom stereocenters. The van der Waals surface area contributed by atoms with Gasteiger partial charge in [0.05, 0.1) is 16.9 Å². The van der Waals surface area contributed by atoms with E-state index in [-0.39, 0.29) is 23.3 Å². The Bertz CT molecular complexity index is 931. The van der Waals surface area contributed by atoms with E-state index < -0.39 is 0 Å². The Kier molecular flexibility index (Phi) is 5.24. The Labute approximate surface area is 162 Å². The zero-order valence-electron chi connectivity index (χ0n) is 15.3. The van der Waals surface area contributed by atoms with Crippen LogP contribution in [0.15, 0.2) is 48.9 Å². The number of amides is 1. The number of piperidine rings is 1. The van der Waals surface area contributed by atoms with Crippen LogP contribution in [0.5, 0.6) is 5.75 Å². The van der Waals surface area contributed by atoms with E-state index in [1.165, 1.54) is 17.1 Å². The van der Waals surface area contributed by atoms with Gasteiger partial charge in [-0.3, -0.25) is 14.7 Å². The van der Waals surface area contributed by atoms with E-state index in [1.54, 1.807) is 18.3 Å². The van der Waals surface area contributed by atoms with Gasteiger partial charge < -0.3 is 10.4 Å². The van der Waals surface area contributed by atoms with E-state index >= 15 is 0 Å². The number of phenols is 1. The summed E-state index contributed by atoms with van der Waals surface area (Å²) in [5, 5.41) is 24.2. The van der Waals surface area contributed by atoms with Crippen molar-refractivity contribution >= 4 is 5.91 Å². The van der Waals surface area contributed by atoms with Crippen LogP contribution in [0.4, 0.5) is 0 Å². The highest BCUT2D eigenvalue weighted by Gasteiger charge is 2.23. The number of hydrogen-bond acceptors (Lipinski definition) is 7. The molecule has 2 aromatic heterocycles. The molecule has 0 spiro atoms. The molecule has 0 radical (unpaired) electrons. The third kappa shape index (κ3) is 4.15. The number of carbonyl (C=O) groups excluding carboxylic acids is 1. The Hall–Kier alpha value is -3.33. The fourth-order valence-corrected chi connectivity index (χ4v) is 3.44. The highest BCUT2D eigenvalue weighted by Crippen LogP contribution is 2.21. The van der Waals surface area contributed by atoms with Crippen molar-refractivity contribution < 1.29 is 9.90 Å². The van der Waals surface area contributed by atoms with Gasteiger partial charge in [0.2, 0.25) is 0 Å². The van der Waals surface area contributed by atoms with Crippen molar-refractivity contribution in [1.29, 1.82) is 0 Å². The van der Waals surface area contributed by atoms with Gasteiger partial charge in [0.15, 0.2) is 0 Å². The van der Waals surface area contributed by atoms with Crippen molar-refractivity contribution in [3.05, 3.63) is 60.2 Å². The van der Waals surface area contributed by atoms with Crippen LogP contribution in [0.2, 0.25) is 0 Å². The van der Waals surface area contributed by atoms with Crippen LogP contribution in [0.25, 0.3) is 5.69 Å². The first kappa shape index (κ1) is 18.1. The van der Waals surface area contributed by atoms with Crippen LogP contribution in [0.1, 0.15) is 28.9 Å². The lowest BCUT2D eigenvalue weighted by Crippen LogP contribution is -2.47. The number of aromatic hydroxyl groups is 1. The lowest BCUT2D eigenvalue weighted by atomic mass is 10.0. The molecule has 3 aromatic rings. The normalized spacial score (nSPS) is 17.4. The summed E-state index contributed by atoms with van der Waals surface area (Å²) in [4.78, 5) is 19.3. The second-order valence-electron chi connectivity index (χ2n) is 6.82. The predicted octanol–water partition coefficient (Wildman–Crippen LogP) is 1.16. The van der Waals surface area contributed by atoms with Crippen molar-refractivity contribution in [3.8, 4) is 11.4 Å². The molecular formula is C19H21N7O2. The van der Waals surface area contributed by atoms with Crippen molar-refractivity contribution in [2.75, 3.05) is 13.1 Å². The average Bonchev–Trinajstić information content (AvgIpc) is 3.24. The van der Waals surface area contributed by atoms with Crippen molar-refractivity contribution in [3.63, 3.8) is 0 Å². The maximum Gasteiger partial charge on any atom is 0.255 e. The lowest BCUT2D eigenvalue weighted by Gasteiger charge is -2.33. The minimum absolute atomic E-state index is 0.0311. The second kappa shape index (κ2) is 8.13. The number of carbonyl (C=O) groups is 1. The molecule has 3 heterocycles. The highest BCUT2D eigenvalue weighted by atomic mass is 16.3. The molecule has 0 saturated carbocycles. The van der Waals surface area contributed by atoms with Crippen LogP contribution in [-0.2, 0) is 6.54 Å². The molecule has 4 rings (SSSR count). The molecule has 28 heavy (non-hydrogen) atoms. The summed E-state index contributed by atoms with van der Waals surface area (Å²) in [6.07, 6.45) is 5.13. The standard InChI is InChI=1S/C19H21N7O2/c27-18-10-16(26-13-21-23-24-26)6-7-17(18)19(28)22-15-5-3-9-25(12-15)11-14-4-1-2-8-20-14/h1-2,4,6-8,10,13,15,27H,3,5,9,11-12H2,(H,22,28)/t15-/m1/s1. The van der Waals surface area contributed by atoms with Crippen molar-refractivity contribution in [2.24, 2.45) is 0 Å². The van der Waals surface area contributed by atoms with Crippen LogP contribution in [0, 0.1) is 0 Å². The molecule has 1 saturated heterocycles. The molecule has 1 amide bonds. The van der Waals surface area contributed by atoms with Crippen LogP contribution in [0.3, 0.4) is 0 Å². The maximum atomic E-state index is 12.6. The molecule has 0 aliphatic carbocycles. The number of pyridine rings is 1. The minimum Gasteiger partial charge on any atom is -0.507 e. The summed E-state index contributed by atoms with van der Waals surface area (Å²) in [6, 6.07) is 10.7. The molecule has 0 bridgehead atoms. The first-order valence-electron chi connectivity index (χ1n) is 9.18. The topological polar surface area (TPSA) is 109 Å². The van der Waals surface area contributed by atoms with Gasteiger partial charge in [-0.15, -0.1) is 5.10 Å². The third-order valence-corrected chi connectivity index (χ3v) is 4.79. The fraction of sp³-hybridized carbons (Fsp3) is 0.316. The van der Waals surface area contributed by atoms with Gasteiger partial charge in [0.25, 0.3) is 5.91 Å². The number of phenolic OH excluding ortho intramolecular Hbond substituents is 1. The van der Waals surface area contributed by atoms with Crippen LogP contribution in [-0.4, -0.2) is 60.2 Å². The van der Waals surface area contributed by atoms with Crippen LogP contribution >= 0.6 is 0 Å². The maximum absolute atomic E-state index is 12.6. The van der Waals surface area contributed by atoms with Gasteiger partial charge >= 0.3 is 0 Å². The first-order valence-corrected chi connectivity index (χ1v) is 9.18. The molecule has 1 aliphatic heterocycles. The van der Waals surface area contributed by atoms with E-state index in [1.807, 2.05) is 18.2 Å². The zero-order chi connectivity index (χ0) is 19.3. The molecule has 9 nitrogen and oxygen atoms in total. The number of rotatable bonds is 5. The van der Waals surface area contributed by atoms with E-state index in [2.05, 4.69) is 30.7 Å². The van der Waals surface area contributed by atoms with Gasteiger partial charge in [0, 0.05) is 31.4 Å². The monoisotopic (exact) mass is 379 g/mol. The second-order valence-corrected chi connectivity index (χ2v) is 6.82. The Balaban J connectivity index is 1.39. The minimum atomic E-state index is -0.287. The van der Waals surface area contributed by atoms with Crippen LogP contribution < -0.4 is 5.32 Å². The summed E-state index contributed by atoms with van der Waals surface area (Å²) in [6.45, 7) is 2.50. The molecule has 1 aromatic carbocycles. The van der Waals surface area contributed by atoms with Gasteiger partial charge in [0.1, 0.15) is 12.1 Å². The molecule has 2 N–H and O–H groups in total. The van der Waals surface area contributed by atoms with E-state index in [0.29, 0.717) is 5.69 Å². The number of aromatic nitrogens is 5. The summed E-state index contributed by atoms with van der Waals surface area (Å²) >= 11 is 0. The number of benzene rings is 1. The summed E-state index contributed by atoms with van der Waals surface area (Å²) in [5.74, 6) is -0.392. The molecule has 1 aliphatic rings. The number of nitrogens with zero attached hydrogens (tertiary/aromatic N) is 6. The lowest BCUT2D eigenvalue weighted by molar-refractivity contribution is 0.0897. The SMILES string of the molecule is O=C(N[C@@H]1CCCN(Cc2ccccn2)C1)c1ccc(-n2cnnn2)cc1O. The average molecular weight is 379 g/mol. The molecule has 0 unspecified atom stereocenters. The molecule has 144 valence electrons. The quantitative estimate of drug-likeness (QED) is 0.684. The number of nitrogens with one attached hydrogen (secondary N) is 1. The van der Waals surface area contributed by atoms with Gasteiger partial charge in [-0.1, -0.05) is 6.07 Å². The highest BCUT2D eigenvalue weighted by molar-refractivity contribution is 5.97.